The van der Waals surface area contributed by atoms with Crippen LogP contribution in [0, 0.1) is 0 Å². The monoisotopic (exact) mass is 548 g/mol. The first-order valence-electron chi connectivity index (χ1n) is 12.3. The topological polar surface area (TPSA) is 69.2 Å². The smallest absolute Gasteiger partial charge is 0.264 e. The molecule has 1 saturated heterocycles. The summed E-state index contributed by atoms with van der Waals surface area (Å²) in [5.41, 5.74) is 3.32. The number of halogens is 1. The lowest BCUT2D eigenvalue weighted by Gasteiger charge is -2.17. The van der Waals surface area contributed by atoms with Gasteiger partial charge in [0.15, 0.2) is 16.7 Å². The number of carbonyl (C=O) groups is 1. The number of allylic oxidation sites excluding steroid dienone is 1. The quantitative estimate of drug-likeness (QED) is 0.200. The summed E-state index contributed by atoms with van der Waals surface area (Å²) in [6.07, 6.45) is 4.20. The Morgan fingerprint density at radius 2 is 1.76 bits per heavy atom. The van der Waals surface area contributed by atoms with Crippen LogP contribution in [0.1, 0.15) is 30.5 Å². The first-order valence-corrected chi connectivity index (χ1v) is 13.5. The Balaban J connectivity index is 1.59. The average molecular weight is 549 g/mol. The fourth-order valence-corrected chi connectivity index (χ4v) is 4.83. The maximum absolute atomic E-state index is 12.7. The van der Waals surface area contributed by atoms with E-state index in [1.165, 1.54) is 11.8 Å². The first kappa shape index (κ1) is 27.4. The molecule has 0 aromatic heterocycles. The maximum atomic E-state index is 12.7. The molecule has 1 heterocycles. The van der Waals surface area contributed by atoms with Crippen molar-refractivity contribution in [2.45, 2.75) is 26.9 Å². The molecule has 4 rings (SSSR count). The van der Waals surface area contributed by atoms with Gasteiger partial charge in [0.25, 0.3) is 5.91 Å². The minimum Gasteiger partial charge on any atom is -0.494 e. The van der Waals surface area contributed by atoms with E-state index in [0.29, 0.717) is 52.8 Å². The van der Waals surface area contributed by atoms with E-state index in [1.807, 2.05) is 86.7 Å². The normalized spacial score (nSPS) is 15.0. The predicted molar refractivity (Wildman–Crippen MR) is 156 cm³/mol. The Labute approximate surface area is 232 Å². The third-order valence-electron chi connectivity index (χ3n) is 5.48. The number of aliphatic imine (C=N–C) groups is 1. The van der Waals surface area contributed by atoms with E-state index in [1.54, 1.807) is 0 Å². The summed E-state index contributed by atoms with van der Waals surface area (Å²) in [7, 11) is 0. The largest absolute Gasteiger partial charge is 0.494 e. The van der Waals surface area contributed by atoms with Crippen LogP contribution in [0.5, 0.6) is 17.2 Å². The summed E-state index contributed by atoms with van der Waals surface area (Å²) in [5, 5.41) is 3.99. The van der Waals surface area contributed by atoms with E-state index < -0.39 is 0 Å². The molecule has 0 radical (unpaired) electrons. The van der Waals surface area contributed by atoms with Gasteiger partial charge in [0.05, 0.1) is 23.8 Å². The molecule has 0 unspecified atom stereocenters. The van der Waals surface area contributed by atoms with Crippen molar-refractivity contribution < 1.29 is 19.0 Å². The zero-order chi connectivity index (χ0) is 26.9. The lowest BCUT2D eigenvalue weighted by atomic mass is 10.0. The third-order valence-corrected chi connectivity index (χ3v) is 6.75. The fourth-order valence-electron chi connectivity index (χ4n) is 3.80. The highest BCUT2D eigenvalue weighted by atomic mass is 35.5. The third kappa shape index (κ3) is 7.00. The van der Waals surface area contributed by atoms with Crippen LogP contribution in [-0.4, -0.2) is 24.3 Å². The van der Waals surface area contributed by atoms with Gasteiger partial charge in [-0.05, 0) is 86.1 Å². The van der Waals surface area contributed by atoms with Crippen LogP contribution in [0.15, 0.2) is 83.2 Å². The number of amides is 1. The number of nitrogens with zero attached hydrogens (tertiary/aromatic N) is 1. The highest BCUT2D eigenvalue weighted by Gasteiger charge is 2.24. The standard InChI is InChI=1S/C30H29ClN2O4S/c1-4-9-21-16-20(17-26(36-6-3)28(21)37-19-22-10-7-8-11-25(22)31)18-27-29(34)33-30(38-27)32-23-12-14-24(15-13-23)35-5-2/h4,7-8,10-18H,1,5-6,9,19H2,2-3H3,(H,32,33,34)/b27-18+. The number of rotatable bonds is 11. The number of thioether (sulfide) groups is 1. The van der Waals surface area contributed by atoms with E-state index in [0.717, 1.165) is 28.1 Å². The summed E-state index contributed by atoms with van der Waals surface area (Å²) in [6, 6.07) is 18.8. The molecular weight excluding hydrogens is 520 g/mol. The number of benzene rings is 3. The molecule has 0 spiro atoms. The van der Waals surface area contributed by atoms with Gasteiger partial charge in [-0.2, -0.15) is 0 Å². The Bertz CT molecular complexity index is 1370. The molecule has 1 amide bonds. The Morgan fingerprint density at radius 1 is 1.00 bits per heavy atom. The number of nitrogens with one attached hydrogen (secondary N) is 1. The number of amidine groups is 1. The average Bonchev–Trinajstić information content (AvgIpc) is 3.24. The highest BCUT2D eigenvalue weighted by molar-refractivity contribution is 8.18. The molecule has 0 saturated carbocycles. The van der Waals surface area contributed by atoms with Gasteiger partial charge in [0.2, 0.25) is 0 Å². The van der Waals surface area contributed by atoms with E-state index in [9.17, 15) is 4.79 Å². The van der Waals surface area contributed by atoms with Gasteiger partial charge in [0.1, 0.15) is 12.4 Å². The van der Waals surface area contributed by atoms with Crippen LogP contribution in [-0.2, 0) is 17.8 Å². The SMILES string of the molecule is C=CCc1cc(/C=C2/SC(=Nc3ccc(OCC)cc3)NC2=O)cc(OCC)c1OCc1ccccc1Cl. The summed E-state index contributed by atoms with van der Waals surface area (Å²) in [6.45, 7) is 9.10. The number of carbonyl (C=O) groups excluding carboxylic acids is 1. The van der Waals surface area contributed by atoms with E-state index in [-0.39, 0.29) is 5.91 Å². The fraction of sp³-hybridized carbons (Fsp3) is 0.200. The zero-order valence-corrected chi connectivity index (χ0v) is 22.9. The van der Waals surface area contributed by atoms with Crippen LogP contribution in [0.4, 0.5) is 5.69 Å². The zero-order valence-electron chi connectivity index (χ0n) is 21.3. The molecule has 6 nitrogen and oxygen atoms in total. The second-order valence-corrected chi connectivity index (χ2v) is 9.66. The first-order chi connectivity index (χ1) is 18.5. The van der Waals surface area contributed by atoms with Crippen molar-refractivity contribution in [3.8, 4) is 17.2 Å². The molecule has 1 aliphatic rings. The second-order valence-electron chi connectivity index (χ2n) is 8.22. The molecule has 196 valence electrons. The minimum atomic E-state index is -0.207. The highest BCUT2D eigenvalue weighted by Crippen LogP contribution is 2.37. The van der Waals surface area contributed by atoms with Gasteiger partial charge < -0.3 is 19.5 Å². The Hall–Kier alpha value is -3.68. The summed E-state index contributed by atoms with van der Waals surface area (Å²) in [4.78, 5) is 17.8. The van der Waals surface area contributed by atoms with Crippen molar-refractivity contribution in [1.29, 1.82) is 0 Å². The van der Waals surface area contributed by atoms with Gasteiger partial charge in [-0.1, -0.05) is 35.9 Å². The van der Waals surface area contributed by atoms with E-state index >= 15 is 0 Å². The lowest BCUT2D eigenvalue weighted by molar-refractivity contribution is -0.115. The van der Waals surface area contributed by atoms with Crippen molar-refractivity contribution >= 4 is 46.2 Å². The van der Waals surface area contributed by atoms with E-state index in [4.69, 9.17) is 25.8 Å². The Morgan fingerprint density at radius 3 is 2.47 bits per heavy atom. The summed E-state index contributed by atoms with van der Waals surface area (Å²) >= 11 is 7.61. The summed E-state index contributed by atoms with van der Waals surface area (Å²) in [5.74, 6) is 1.80. The molecule has 1 fully saturated rings. The van der Waals surface area contributed by atoms with Crippen molar-refractivity contribution in [2.75, 3.05) is 13.2 Å². The van der Waals surface area contributed by atoms with Crippen LogP contribution < -0.4 is 19.5 Å². The molecule has 1 aliphatic heterocycles. The summed E-state index contributed by atoms with van der Waals surface area (Å²) < 4.78 is 17.6. The van der Waals surface area contributed by atoms with Crippen LogP contribution in [0.25, 0.3) is 6.08 Å². The number of ether oxygens (including phenoxy) is 3. The molecule has 0 aliphatic carbocycles. The molecular formula is C30H29ClN2O4S. The van der Waals surface area contributed by atoms with Crippen molar-refractivity contribution in [2.24, 2.45) is 4.99 Å². The van der Waals surface area contributed by atoms with Gasteiger partial charge in [-0.3, -0.25) is 4.79 Å². The van der Waals surface area contributed by atoms with Crippen LogP contribution in [0.2, 0.25) is 5.02 Å². The van der Waals surface area contributed by atoms with Crippen LogP contribution >= 0.6 is 23.4 Å². The number of hydrogen-bond donors (Lipinski definition) is 1. The maximum Gasteiger partial charge on any atom is 0.264 e. The molecule has 0 bridgehead atoms. The van der Waals surface area contributed by atoms with Gasteiger partial charge >= 0.3 is 0 Å². The van der Waals surface area contributed by atoms with Gasteiger partial charge in [0, 0.05) is 16.1 Å². The second kappa shape index (κ2) is 13.2. The van der Waals surface area contributed by atoms with Crippen molar-refractivity contribution in [3.05, 3.63) is 99.9 Å². The molecule has 1 N–H and O–H groups in total. The molecule has 3 aromatic carbocycles. The lowest BCUT2D eigenvalue weighted by Crippen LogP contribution is -2.19. The molecule has 3 aromatic rings. The molecule has 8 heteroatoms. The van der Waals surface area contributed by atoms with Gasteiger partial charge in [-0.15, -0.1) is 6.58 Å². The predicted octanol–water partition coefficient (Wildman–Crippen LogP) is 7.34. The van der Waals surface area contributed by atoms with Crippen molar-refractivity contribution in [1.82, 2.24) is 5.32 Å². The van der Waals surface area contributed by atoms with Crippen molar-refractivity contribution in [3.63, 3.8) is 0 Å². The number of hydrogen-bond acceptors (Lipinski definition) is 6. The minimum absolute atomic E-state index is 0.207. The Kier molecular flexibility index (Phi) is 9.51. The molecule has 38 heavy (non-hydrogen) atoms. The molecule has 0 atom stereocenters. The van der Waals surface area contributed by atoms with E-state index in [2.05, 4.69) is 16.9 Å². The van der Waals surface area contributed by atoms with Gasteiger partial charge in [-0.25, -0.2) is 4.99 Å². The van der Waals surface area contributed by atoms with Crippen LogP contribution in [0.3, 0.4) is 0 Å².